The number of carbonyl (C=O) groups excluding carboxylic acids is 1. The summed E-state index contributed by atoms with van der Waals surface area (Å²) < 4.78 is 18.4. The topological polar surface area (TPSA) is 55.6 Å². The molecule has 2 rings (SSSR count). The largest absolute Gasteiger partial charge is 0.484 e. The second kappa shape index (κ2) is 6.70. The molecule has 1 amide bonds. The van der Waals surface area contributed by atoms with Crippen LogP contribution in [0.4, 0.5) is 4.39 Å². The summed E-state index contributed by atoms with van der Waals surface area (Å²) in [4.78, 5) is 14.0. The monoisotopic (exact) mass is 280 g/mol. The minimum atomic E-state index is -0.374. The summed E-state index contributed by atoms with van der Waals surface area (Å²) in [6.45, 7) is 3.28. The molecule has 20 heavy (non-hydrogen) atoms. The number of carbonyl (C=O) groups is 1. The van der Waals surface area contributed by atoms with Crippen molar-refractivity contribution in [3.8, 4) is 5.75 Å². The third-order valence-corrected chi connectivity index (χ3v) is 3.73. The van der Waals surface area contributed by atoms with Crippen molar-refractivity contribution in [2.24, 2.45) is 11.7 Å². The number of hydrogen-bond acceptors (Lipinski definition) is 3. The molecule has 1 aromatic carbocycles. The fourth-order valence-corrected chi connectivity index (χ4v) is 2.59. The molecule has 1 aliphatic rings. The molecule has 110 valence electrons. The van der Waals surface area contributed by atoms with Crippen molar-refractivity contribution < 1.29 is 13.9 Å². The highest BCUT2D eigenvalue weighted by Gasteiger charge is 2.28. The first-order valence-electron chi connectivity index (χ1n) is 6.98. The molecule has 0 bridgehead atoms. The molecule has 1 heterocycles. The zero-order valence-electron chi connectivity index (χ0n) is 11.7. The van der Waals surface area contributed by atoms with Gasteiger partial charge in [0.25, 0.3) is 5.91 Å². The van der Waals surface area contributed by atoms with Gasteiger partial charge in [0, 0.05) is 25.2 Å². The minimum Gasteiger partial charge on any atom is -0.484 e. The summed E-state index contributed by atoms with van der Waals surface area (Å²) in [5, 5.41) is 0. The number of nitrogens with zero attached hydrogens (tertiary/aromatic N) is 1. The van der Waals surface area contributed by atoms with Crippen LogP contribution in [0.15, 0.2) is 24.3 Å². The molecular formula is C15H21FN2O2. The van der Waals surface area contributed by atoms with E-state index in [0.717, 1.165) is 12.8 Å². The Kier molecular flexibility index (Phi) is 4.95. The minimum absolute atomic E-state index is 0.0751. The quantitative estimate of drug-likeness (QED) is 0.915. The van der Waals surface area contributed by atoms with E-state index in [0.29, 0.717) is 24.8 Å². The van der Waals surface area contributed by atoms with Gasteiger partial charge in [-0.05, 0) is 30.9 Å². The lowest BCUT2D eigenvalue weighted by atomic mass is 9.92. The number of benzene rings is 1. The highest BCUT2D eigenvalue weighted by Crippen LogP contribution is 2.22. The predicted molar refractivity (Wildman–Crippen MR) is 74.8 cm³/mol. The van der Waals surface area contributed by atoms with Crippen LogP contribution in [-0.2, 0) is 4.79 Å². The lowest BCUT2D eigenvalue weighted by Gasteiger charge is -2.37. The molecule has 0 spiro atoms. The first-order chi connectivity index (χ1) is 9.60. The summed E-state index contributed by atoms with van der Waals surface area (Å²) >= 11 is 0. The smallest absolute Gasteiger partial charge is 0.260 e. The third-order valence-electron chi connectivity index (χ3n) is 3.73. The van der Waals surface area contributed by atoms with Crippen molar-refractivity contribution >= 4 is 5.91 Å². The van der Waals surface area contributed by atoms with Gasteiger partial charge < -0.3 is 15.4 Å². The number of nitrogens with two attached hydrogens (primary N) is 1. The van der Waals surface area contributed by atoms with E-state index >= 15 is 0 Å². The molecule has 1 saturated heterocycles. The Balaban J connectivity index is 1.91. The summed E-state index contributed by atoms with van der Waals surface area (Å²) in [6, 6.07) is 5.88. The maximum absolute atomic E-state index is 13.0. The molecule has 0 aliphatic carbocycles. The van der Waals surface area contributed by atoms with E-state index in [1.165, 1.54) is 12.1 Å². The van der Waals surface area contributed by atoms with Crippen LogP contribution in [-0.4, -0.2) is 36.5 Å². The molecule has 2 atom stereocenters. The molecule has 1 aliphatic heterocycles. The van der Waals surface area contributed by atoms with Crippen molar-refractivity contribution in [1.29, 1.82) is 0 Å². The van der Waals surface area contributed by atoms with Crippen LogP contribution < -0.4 is 10.5 Å². The number of ether oxygens (including phenoxy) is 1. The molecule has 1 aromatic rings. The number of likely N-dealkylation sites (tertiary alicyclic amines) is 1. The highest BCUT2D eigenvalue weighted by molar-refractivity contribution is 5.78. The normalized spacial score (nSPS) is 22.6. The molecule has 0 aromatic heterocycles. The Labute approximate surface area is 118 Å². The summed E-state index contributed by atoms with van der Waals surface area (Å²) in [5.41, 5.74) is 5.74. The van der Waals surface area contributed by atoms with Crippen molar-refractivity contribution in [3.63, 3.8) is 0 Å². The van der Waals surface area contributed by atoms with Gasteiger partial charge in [-0.3, -0.25) is 4.79 Å². The van der Waals surface area contributed by atoms with Crippen molar-refractivity contribution in [3.05, 3.63) is 30.1 Å². The van der Waals surface area contributed by atoms with Gasteiger partial charge in [0.05, 0.1) is 0 Å². The Bertz CT molecular complexity index is 467. The number of hydrogen-bond donors (Lipinski definition) is 1. The van der Waals surface area contributed by atoms with E-state index in [1.807, 2.05) is 0 Å². The number of piperidine rings is 1. The second-order valence-corrected chi connectivity index (χ2v) is 5.35. The highest BCUT2D eigenvalue weighted by atomic mass is 19.1. The van der Waals surface area contributed by atoms with Gasteiger partial charge in [-0.25, -0.2) is 4.39 Å². The summed E-state index contributed by atoms with van der Waals surface area (Å²) in [5.74, 6) is 0.503. The maximum Gasteiger partial charge on any atom is 0.260 e. The standard InChI is InChI=1S/C15H21FN2O2/c1-11-5-6-18(13(7-11)9-17)15(19)10-20-14-4-2-3-12(16)8-14/h2-4,8,11,13H,5-7,9-10,17H2,1H3. The summed E-state index contributed by atoms with van der Waals surface area (Å²) in [6.07, 6.45) is 1.92. The SMILES string of the molecule is CC1CCN(C(=O)COc2cccc(F)c2)C(CN)C1. The molecule has 0 radical (unpaired) electrons. The third kappa shape index (κ3) is 3.70. The molecule has 4 nitrogen and oxygen atoms in total. The van der Waals surface area contributed by atoms with Gasteiger partial charge in [-0.15, -0.1) is 0 Å². The van der Waals surface area contributed by atoms with Crippen LogP contribution in [0.25, 0.3) is 0 Å². The molecule has 5 heteroatoms. The van der Waals surface area contributed by atoms with Crippen molar-refractivity contribution in [2.45, 2.75) is 25.8 Å². The van der Waals surface area contributed by atoms with Crippen molar-refractivity contribution in [2.75, 3.05) is 19.7 Å². The van der Waals surface area contributed by atoms with Crippen LogP contribution >= 0.6 is 0 Å². The average Bonchev–Trinajstić information content (AvgIpc) is 2.44. The van der Waals surface area contributed by atoms with E-state index in [2.05, 4.69) is 6.92 Å². The predicted octanol–water partition coefficient (Wildman–Crippen LogP) is 1.79. The fraction of sp³-hybridized carbons (Fsp3) is 0.533. The lowest BCUT2D eigenvalue weighted by Crippen LogP contribution is -2.50. The molecule has 0 saturated carbocycles. The van der Waals surface area contributed by atoms with E-state index in [9.17, 15) is 9.18 Å². The second-order valence-electron chi connectivity index (χ2n) is 5.35. The number of rotatable bonds is 4. The van der Waals surface area contributed by atoms with E-state index < -0.39 is 0 Å². The number of amides is 1. The van der Waals surface area contributed by atoms with Crippen LogP contribution in [0.3, 0.4) is 0 Å². The van der Waals surface area contributed by atoms with Gasteiger partial charge >= 0.3 is 0 Å². The first-order valence-corrected chi connectivity index (χ1v) is 6.98. The Morgan fingerprint density at radius 1 is 1.55 bits per heavy atom. The molecule has 2 unspecified atom stereocenters. The average molecular weight is 280 g/mol. The van der Waals surface area contributed by atoms with Gasteiger partial charge in [-0.2, -0.15) is 0 Å². The Morgan fingerprint density at radius 3 is 3.05 bits per heavy atom. The van der Waals surface area contributed by atoms with E-state index in [4.69, 9.17) is 10.5 Å². The van der Waals surface area contributed by atoms with Gasteiger partial charge in [0.2, 0.25) is 0 Å². The maximum atomic E-state index is 13.0. The van der Waals surface area contributed by atoms with E-state index in [1.54, 1.807) is 17.0 Å². The van der Waals surface area contributed by atoms with Gasteiger partial charge in [0.1, 0.15) is 11.6 Å². The zero-order valence-corrected chi connectivity index (χ0v) is 11.7. The first kappa shape index (κ1) is 14.8. The molecular weight excluding hydrogens is 259 g/mol. The van der Waals surface area contributed by atoms with Crippen LogP contribution in [0.2, 0.25) is 0 Å². The van der Waals surface area contributed by atoms with Gasteiger partial charge in [0.15, 0.2) is 6.61 Å². The van der Waals surface area contributed by atoms with E-state index in [-0.39, 0.29) is 24.4 Å². The van der Waals surface area contributed by atoms with Crippen LogP contribution in [0.1, 0.15) is 19.8 Å². The van der Waals surface area contributed by atoms with Gasteiger partial charge in [-0.1, -0.05) is 13.0 Å². The fourth-order valence-electron chi connectivity index (χ4n) is 2.59. The Hall–Kier alpha value is -1.62. The Morgan fingerprint density at radius 2 is 2.35 bits per heavy atom. The summed E-state index contributed by atoms with van der Waals surface area (Å²) in [7, 11) is 0. The van der Waals surface area contributed by atoms with Crippen molar-refractivity contribution in [1.82, 2.24) is 4.90 Å². The molecule has 2 N–H and O–H groups in total. The lowest BCUT2D eigenvalue weighted by molar-refractivity contribution is -0.137. The number of halogens is 1. The zero-order chi connectivity index (χ0) is 14.5. The molecule has 1 fully saturated rings. The van der Waals surface area contributed by atoms with Crippen LogP contribution in [0, 0.1) is 11.7 Å². The van der Waals surface area contributed by atoms with Crippen LogP contribution in [0.5, 0.6) is 5.75 Å².